The summed E-state index contributed by atoms with van der Waals surface area (Å²) in [6, 6.07) is 0.804. The lowest BCUT2D eigenvalue weighted by Crippen LogP contribution is -2.47. The van der Waals surface area contributed by atoms with Crippen LogP contribution in [0, 0.1) is 0 Å². The summed E-state index contributed by atoms with van der Waals surface area (Å²) in [6.45, 7) is 11.5. The van der Waals surface area contributed by atoms with Crippen molar-refractivity contribution in [2.24, 2.45) is 0 Å². The third-order valence-corrected chi connectivity index (χ3v) is 6.27. The SMILES string of the molecule is CCO[Si](CCCOCC1CCO1)(OCC)OC(C)C. The van der Waals surface area contributed by atoms with Crippen molar-refractivity contribution in [2.75, 3.05) is 33.0 Å². The molecule has 1 heterocycles. The minimum Gasteiger partial charge on any atom is -0.379 e. The van der Waals surface area contributed by atoms with Crippen LogP contribution in [0.3, 0.4) is 0 Å². The number of hydrogen-bond acceptors (Lipinski definition) is 5. The quantitative estimate of drug-likeness (QED) is 0.410. The highest BCUT2D eigenvalue weighted by atomic mass is 28.4. The molecule has 1 fully saturated rings. The molecule has 1 rings (SSSR count). The van der Waals surface area contributed by atoms with Crippen molar-refractivity contribution >= 4 is 8.80 Å². The second kappa shape index (κ2) is 9.86. The lowest BCUT2D eigenvalue weighted by atomic mass is 10.2. The zero-order valence-electron chi connectivity index (χ0n) is 13.4. The van der Waals surface area contributed by atoms with Gasteiger partial charge in [0.15, 0.2) is 0 Å². The van der Waals surface area contributed by atoms with Crippen LogP contribution in [0.15, 0.2) is 0 Å². The largest absolute Gasteiger partial charge is 0.501 e. The second-order valence-corrected chi connectivity index (χ2v) is 7.85. The van der Waals surface area contributed by atoms with Gasteiger partial charge in [0.1, 0.15) is 0 Å². The maximum absolute atomic E-state index is 5.99. The van der Waals surface area contributed by atoms with Crippen LogP contribution in [-0.4, -0.2) is 54.0 Å². The molecule has 1 atom stereocenters. The van der Waals surface area contributed by atoms with E-state index in [1.54, 1.807) is 0 Å². The highest BCUT2D eigenvalue weighted by Crippen LogP contribution is 2.20. The molecule has 0 radical (unpaired) electrons. The fourth-order valence-electron chi connectivity index (χ4n) is 2.13. The molecule has 0 spiro atoms. The molecule has 1 aliphatic rings. The standard InChI is InChI=1S/C14H30O5Si/c1-5-17-20(18-6-2,19-13(3)4)11-7-9-15-12-14-8-10-16-14/h13-14H,5-12H2,1-4H3. The molecule has 1 unspecified atom stereocenters. The Balaban J connectivity index is 2.28. The van der Waals surface area contributed by atoms with Gasteiger partial charge in [-0.1, -0.05) is 0 Å². The Bertz CT molecular complexity index is 240. The molecule has 0 amide bonds. The van der Waals surface area contributed by atoms with Gasteiger partial charge >= 0.3 is 8.80 Å². The Kier molecular flexibility index (Phi) is 8.91. The maximum Gasteiger partial charge on any atom is 0.501 e. The van der Waals surface area contributed by atoms with Gasteiger partial charge in [0.2, 0.25) is 0 Å². The summed E-state index contributed by atoms with van der Waals surface area (Å²) in [5.74, 6) is 0. The predicted molar refractivity (Wildman–Crippen MR) is 79.8 cm³/mol. The first-order valence-corrected chi connectivity index (χ1v) is 9.70. The van der Waals surface area contributed by atoms with Gasteiger partial charge in [0.05, 0.1) is 12.7 Å². The third-order valence-electron chi connectivity index (χ3n) is 3.01. The number of hydrogen-bond donors (Lipinski definition) is 0. The molecule has 5 nitrogen and oxygen atoms in total. The van der Waals surface area contributed by atoms with Crippen molar-refractivity contribution in [1.82, 2.24) is 0 Å². The van der Waals surface area contributed by atoms with E-state index < -0.39 is 8.80 Å². The third kappa shape index (κ3) is 6.65. The molecule has 6 heteroatoms. The lowest BCUT2D eigenvalue weighted by Gasteiger charge is -2.31. The Morgan fingerprint density at radius 3 is 2.30 bits per heavy atom. The van der Waals surface area contributed by atoms with Crippen LogP contribution in [-0.2, 0) is 22.8 Å². The minimum absolute atomic E-state index is 0.115. The Labute approximate surface area is 124 Å². The van der Waals surface area contributed by atoms with E-state index in [1.165, 1.54) is 0 Å². The molecular weight excluding hydrogens is 276 g/mol. The smallest absolute Gasteiger partial charge is 0.379 e. The topological polar surface area (TPSA) is 46.2 Å². The highest BCUT2D eigenvalue weighted by Gasteiger charge is 2.41. The molecule has 0 saturated carbocycles. The summed E-state index contributed by atoms with van der Waals surface area (Å²) in [5.41, 5.74) is 0. The fraction of sp³-hybridized carbons (Fsp3) is 1.00. The monoisotopic (exact) mass is 306 g/mol. The first-order chi connectivity index (χ1) is 9.62. The van der Waals surface area contributed by atoms with Crippen molar-refractivity contribution in [2.45, 2.75) is 58.8 Å². The zero-order chi connectivity index (χ0) is 14.8. The average molecular weight is 306 g/mol. The second-order valence-electron chi connectivity index (χ2n) is 5.18. The van der Waals surface area contributed by atoms with E-state index in [1.807, 2.05) is 27.7 Å². The van der Waals surface area contributed by atoms with Crippen LogP contribution in [0.5, 0.6) is 0 Å². The van der Waals surface area contributed by atoms with E-state index in [9.17, 15) is 0 Å². The van der Waals surface area contributed by atoms with Crippen LogP contribution < -0.4 is 0 Å². The molecule has 20 heavy (non-hydrogen) atoms. The molecule has 1 aliphatic heterocycles. The van der Waals surface area contributed by atoms with E-state index in [4.69, 9.17) is 22.8 Å². The van der Waals surface area contributed by atoms with E-state index in [0.717, 1.165) is 25.5 Å². The molecule has 120 valence electrons. The Morgan fingerprint density at radius 1 is 1.20 bits per heavy atom. The Morgan fingerprint density at radius 2 is 1.85 bits per heavy atom. The first kappa shape index (κ1) is 18.1. The summed E-state index contributed by atoms with van der Waals surface area (Å²) in [7, 11) is -2.54. The van der Waals surface area contributed by atoms with Gasteiger partial charge in [-0.2, -0.15) is 0 Å². The van der Waals surface area contributed by atoms with Crippen LogP contribution in [0.25, 0.3) is 0 Å². The summed E-state index contributed by atoms with van der Waals surface area (Å²) < 4.78 is 28.6. The van der Waals surface area contributed by atoms with Crippen LogP contribution in [0.1, 0.15) is 40.5 Å². The van der Waals surface area contributed by atoms with E-state index in [0.29, 0.717) is 32.5 Å². The average Bonchev–Trinajstić information content (AvgIpc) is 2.31. The van der Waals surface area contributed by atoms with Crippen molar-refractivity contribution < 1.29 is 22.8 Å². The molecule has 0 aliphatic carbocycles. The number of rotatable bonds is 12. The molecule has 0 aromatic rings. The maximum atomic E-state index is 5.99. The highest BCUT2D eigenvalue weighted by molar-refractivity contribution is 6.60. The normalized spacial score (nSPS) is 19.4. The van der Waals surface area contributed by atoms with Crippen molar-refractivity contribution in [3.05, 3.63) is 0 Å². The van der Waals surface area contributed by atoms with Gasteiger partial charge in [-0.15, -0.1) is 0 Å². The van der Waals surface area contributed by atoms with Gasteiger partial charge in [-0.25, -0.2) is 0 Å². The van der Waals surface area contributed by atoms with Gasteiger partial charge in [-0.3, -0.25) is 0 Å². The molecule has 0 N–H and O–H groups in total. The summed E-state index contributed by atoms with van der Waals surface area (Å²) >= 11 is 0. The van der Waals surface area contributed by atoms with Gasteiger partial charge in [-0.05, 0) is 40.5 Å². The summed E-state index contributed by atoms with van der Waals surface area (Å²) in [4.78, 5) is 0. The van der Waals surface area contributed by atoms with Gasteiger partial charge in [0, 0.05) is 38.6 Å². The summed E-state index contributed by atoms with van der Waals surface area (Å²) in [5, 5.41) is 0. The van der Waals surface area contributed by atoms with Crippen molar-refractivity contribution in [3.8, 4) is 0 Å². The molecular formula is C14H30O5Si. The van der Waals surface area contributed by atoms with E-state index in [2.05, 4.69) is 0 Å². The molecule has 1 saturated heterocycles. The van der Waals surface area contributed by atoms with Gasteiger partial charge in [0.25, 0.3) is 0 Å². The van der Waals surface area contributed by atoms with Crippen LogP contribution in [0.4, 0.5) is 0 Å². The summed E-state index contributed by atoms with van der Waals surface area (Å²) in [6.07, 6.45) is 2.44. The van der Waals surface area contributed by atoms with Crippen molar-refractivity contribution in [3.63, 3.8) is 0 Å². The molecule has 0 aromatic heterocycles. The lowest BCUT2D eigenvalue weighted by molar-refractivity contribution is -0.0938. The predicted octanol–water partition coefficient (Wildman–Crippen LogP) is 2.62. The Hall–Kier alpha value is 0.0169. The van der Waals surface area contributed by atoms with Crippen LogP contribution >= 0.6 is 0 Å². The zero-order valence-corrected chi connectivity index (χ0v) is 14.4. The molecule has 0 bridgehead atoms. The van der Waals surface area contributed by atoms with E-state index in [-0.39, 0.29) is 6.10 Å². The van der Waals surface area contributed by atoms with Crippen molar-refractivity contribution in [1.29, 1.82) is 0 Å². The molecule has 0 aromatic carbocycles. The van der Waals surface area contributed by atoms with E-state index >= 15 is 0 Å². The first-order valence-electron chi connectivity index (χ1n) is 7.77. The number of ether oxygens (including phenoxy) is 2. The fourth-order valence-corrected chi connectivity index (χ4v) is 4.93. The van der Waals surface area contributed by atoms with Gasteiger partial charge < -0.3 is 22.8 Å². The van der Waals surface area contributed by atoms with Crippen LogP contribution in [0.2, 0.25) is 6.04 Å². The minimum atomic E-state index is -2.54.